The molecule has 20 heavy (non-hydrogen) atoms. The van der Waals surface area contributed by atoms with Gasteiger partial charge in [-0.25, -0.2) is 8.42 Å². The number of H-pyrrole nitrogens is 1. The van der Waals surface area contributed by atoms with Crippen LogP contribution in [0, 0.1) is 5.41 Å². The van der Waals surface area contributed by atoms with Crippen LogP contribution in [0.3, 0.4) is 0 Å². The number of aromatic nitrogens is 2. The number of sulfonamides is 1. The summed E-state index contributed by atoms with van der Waals surface area (Å²) < 4.78 is 31.4. The average Bonchev–Trinajstić information content (AvgIpc) is 2.92. The number of aromatic amines is 1. The summed E-state index contributed by atoms with van der Waals surface area (Å²) in [4.78, 5) is 0.0504. The number of anilines is 1. The van der Waals surface area contributed by atoms with E-state index >= 15 is 0 Å². The van der Waals surface area contributed by atoms with Crippen molar-refractivity contribution in [1.82, 2.24) is 10.2 Å². The van der Waals surface area contributed by atoms with E-state index < -0.39 is 10.0 Å². The maximum atomic E-state index is 11.9. The van der Waals surface area contributed by atoms with Crippen molar-refractivity contribution in [3.05, 3.63) is 36.7 Å². The molecular weight excluding hydrogens is 282 g/mol. The molecule has 106 valence electrons. The number of amidine groups is 1. The molecule has 0 radical (unpaired) electrons. The number of nitrogens with two attached hydrogens (primary N) is 1. The summed E-state index contributed by atoms with van der Waals surface area (Å²) in [6.07, 6.45) is 2.50. The highest BCUT2D eigenvalue weighted by Gasteiger charge is 2.14. The fraction of sp³-hybridized carbons (Fsp3) is 0.0909. The zero-order valence-electron chi connectivity index (χ0n) is 10.3. The van der Waals surface area contributed by atoms with Crippen molar-refractivity contribution in [2.75, 3.05) is 11.3 Å². The highest BCUT2D eigenvalue weighted by molar-refractivity contribution is 7.92. The molecule has 0 bridgehead atoms. The molecule has 0 unspecified atom stereocenters. The number of benzene rings is 1. The second-order valence-corrected chi connectivity index (χ2v) is 5.56. The largest absolute Gasteiger partial charge is 0.486 e. The Hall–Kier alpha value is -2.55. The van der Waals surface area contributed by atoms with Crippen molar-refractivity contribution >= 4 is 21.5 Å². The zero-order chi connectivity index (χ0) is 14.6. The van der Waals surface area contributed by atoms with Crippen LogP contribution in [0.2, 0.25) is 0 Å². The lowest BCUT2D eigenvalue weighted by atomic mass is 10.3. The summed E-state index contributed by atoms with van der Waals surface area (Å²) in [6.45, 7) is -0.0138. The van der Waals surface area contributed by atoms with Crippen LogP contribution in [0.5, 0.6) is 5.75 Å². The van der Waals surface area contributed by atoms with Crippen molar-refractivity contribution in [2.24, 2.45) is 5.73 Å². The third kappa shape index (κ3) is 3.48. The van der Waals surface area contributed by atoms with Crippen molar-refractivity contribution < 1.29 is 13.2 Å². The van der Waals surface area contributed by atoms with Gasteiger partial charge >= 0.3 is 0 Å². The van der Waals surface area contributed by atoms with Gasteiger partial charge in [-0.1, -0.05) is 0 Å². The van der Waals surface area contributed by atoms with Crippen LogP contribution in [-0.4, -0.2) is 31.1 Å². The van der Waals surface area contributed by atoms with E-state index in [1.165, 1.54) is 12.4 Å². The van der Waals surface area contributed by atoms with Gasteiger partial charge in [0.15, 0.2) is 0 Å². The number of nitrogens with one attached hydrogen (secondary N) is 3. The molecule has 1 aromatic heterocycles. The first-order valence-corrected chi connectivity index (χ1v) is 7.03. The lowest BCUT2D eigenvalue weighted by Gasteiger charge is -2.08. The maximum absolute atomic E-state index is 11.9. The fourth-order valence-corrected chi connectivity index (χ4v) is 2.34. The highest BCUT2D eigenvalue weighted by Crippen LogP contribution is 2.18. The quantitative estimate of drug-likeness (QED) is 0.455. The van der Waals surface area contributed by atoms with Gasteiger partial charge in [0.05, 0.1) is 6.20 Å². The van der Waals surface area contributed by atoms with Crippen LogP contribution in [0.25, 0.3) is 0 Å². The average molecular weight is 295 g/mol. The monoisotopic (exact) mass is 295 g/mol. The maximum Gasteiger partial charge on any atom is 0.265 e. The van der Waals surface area contributed by atoms with Crippen LogP contribution in [0.15, 0.2) is 41.6 Å². The predicted molar refractivity (Wildman–Crippen MR) is 73.2 cm³/mol. The standard InChI is InChI=1S/C11H13N5O3S/c12-11(13)7-19-9-3-1-8(2-4-9)16-20(17,18)10-5-14-15-6-10/h1-6,16H,7H2,(H3,12,13)(H,14,15). The van der Waals surface area contributed by atoms with E-state index in [0.717, 1.165) is 0 Å². The highest BCUT2D eigenvalue weighted by atomic mass is 32.2. The Morgan fingerprint density at radius 2 is 2.10 bits per heavy atom. The Balaban J connectivity index is 2.06. The Morgan fingerprint density at radius 3 is 2.65 bits per heavy atom. The number of hydrogen-bond donors (Lipinski definition) is 4. The van der Waals surface area contributed by atoms with Gasteiger partial charge in [-0.15, -0.1) is 0 Å². The van der Waals surface area contributed by atoms with Gasteiger partial charge in [0.25, 0.3) is 10.0 Å². The molecule has 8 nitrogen and oxygen atoms in total. The molecule has 0 aliphatic rings. The van der Waals surface area contributed by atoms with Gasteiger partial charge in [-0.05, 0) is 24.3 Å². The lowest BCUT2D eigenvalue weighted by Crippen LogP contribution is -2.19. The summed E-state index contributed by atoms with van der Waals surface area (Å²) in [5, 5.41) is 13.1. The molecule has 0 atom stereocenters. The number of nitrogens with zero attached hydrogens (tertiary/aromatic N) is 1. The SMILES string of the molecule is N=C(N)COc1ccc(NS(=O)(=O)c2cn[nH]c2)cc1. The first kappa shape index (κ1) is 13.9. The molecule has 1 aromatic carbocycles. The molecule has 0 spiro atoms. The summed E-state index contributed by atoms with van der Waals surface area (Å²) in [5.41, 5.74) is 5.56. The van der Waals surface area contributed by atoms with Crippen LogP contribution in [0.1, 0.15) is 0 Å². The van der Waals surface area contributed by atoms with Gasteiger partial charge < -0.3 is 10.5 Å². The summed E-state index contributed by atoms with van der Waals surface area (Å²) in [5.74, 6) is 0.404. The zero-order valence-corrected chi connectivity index (χ0v) is 11.1. The molecule has 0 saturated heterocycles. The van der Waals surface area contributed by atoms with E-state index in [0.29, 0.717) is 11.4 Å². The number of hydrogen-bond acceptors (Lipinski definition) is 5. The van der Waals surface area contributed by atoms with Crippen LogP contribution in [0.4, 0.5) is 5.69 Å². The van der Waals surface area contributed by atoms with Crippen LogP contribution in [-0.2, 0) is 10.0 Å². The minimum Gasteiger partial charge on any atom is -0.486 e. The summed E-state index contributed by atoms with van der Waals surface area (Å²) in [6, 6.07) is 6.26. The smallest absolute Gasteiger partial charge is 0.265 e. The minimum absolute atomic E-state index is 0.0138. The topological polar surface area (TPSA) is 134 Å². The van der Waals surface area contributed by atoms with E-state index in [4.69, 9.17) is 15.9 Å². The Labute approximate surface area is 115 Å². The van der Waals surface area contributed by atoms with E-state index in [2.05, 4.69) is 14.9 Å². The molecule has 0 saturated carbocycles. The molecule has 9 heteroatoms. The first-order valence-electron chi connectivity index (χ1n) is 5.55. The second-order valence-electron chi connectivity index (χ2n) is 3.88. The van der Waals surface area contributed by atoms with Crippen molar-refractivity contribution in [3.8, 4) is 5.75 Å². The molecule has 1 heterocycles. The first-order chi connectivity index (χ1) is 9.47. The van der Waals surface area contributed by atoms with Crippen LogP contribution < -0.4 is 15.2 Å². The van der Waals surface area contributed by atoms with Gasteiger partial charge in [0.1, 0.15) is 23.1 Å². The molecular formula is C11H13N5O3S. The third-order valence-electron chi connectivity index (χ3n) is 2.28. The Morgan fingerprint density at radius 1 is 1.40 bits per heavy atom. The number of ether oxygens (including phenoxy) is 1. The van der Waals surface area contributed by atoms with Gasteiger partial charge in [0.2, 0.25) is 0 Å². The summed E-state index contributed by atoms with van der Waals surface area (Å²) >= 11 is 0. The van der Waals surface area contributed by atoms with E-state index in [1.54, 1.807) is 24.3 Å². The van der Waals surface area contributed by atoms with Gasteiger partial charge in [-0.2, -0.15) is 5.10 Å². The van der Waals surface area contributed by atoms with Gasteiger partial charge in [-0.3, -0.25) is 15.2 Å². The second kappa shape index (κ2) is 5.61. The van der Waals surface area contributed by atoms with E-state index in [-0.39, 0.29) is 17.3 Å². The van der Waals surface area contributed by atoms with E-state index in [1.807, 2.05) is 0 Å². The van der Waals surface area contributed by atoms with E-state index in [9.17, 15) is 8.42 Å². The van der Waals surface area contributed by atoms with Crippen molar-refractivity contribution in [1.29, 1.82) is 5.41 Å². The molecule has 0 aliphatic carbocycles. The minimum atomic E-state index is -3.65. The molecule has 0 aliphatic heterocycles. The lowest BCUT2D eigenvalue weighted by molar-refractivity contribution is 0.374. The van der Waals surface area contributed by atoms with Gasteiger partial charge in [0, 0.05) is 11.9 Å². The normalized spacial score (nSPS) is 11.0. The van der Waals surface area contributed by atoms with Crippen molar-refractivity contribution in [2.45, 2.75) is 4.90 Å². The number of rotatable bonds is 6. The molecule has 5 N–H and O–H groups in total. The van der Waals surface area contributed by atoms with Crippen LogP contribution >= 0.6 is 0 Å². The fourth-order valence-electron chi connectivity index (χ4n) is 1.38. The Bertz CT molecular complexity index is 679. The third-order valence-corrected chi connectivity index (χ3v) is 3.63. The molecule has 0 amide bonds. The molecule has 0 fully saturated rings. The summed E-state index contributed by atoms with van der Waals surface area (Å²) in [7, 11) is -3.65. The predicted octanol–water partition coefficient (Wildman–Crippen LogP) is 0.525. The molecule has 2 aromatic rings. The van der Waals surface area contributed by atoms with Crippen molar-refractivity contribution in [3.63, 3.8) is 0 Å². The molecule has 2 rings (SSSR count). The Kier molecular flexibility index (Phi) is 3.89.